The van der Waals surface area contributed by atoms with Gasteiger partial charge in [0.1, 0.15) is 16.7 Å². The molecule has 6 heteroatoms. The molecular formula is C13H21N3O2S. The van der Waals surface area contributed by atoms with Crippen LogP contribution in [0.15, 0.2) is 5.03 Å². The fourth-order valence-corrected chi connectivity index (χ4v) is 2.29. The number of thioether (sulfide) groups is 1. The van der Waals surface area contributed by atoms with Crippen molar-refractivity contribution in [1.82, 2.24) is 9.97 Å². The van der Waals surface area contributed by atoms with E-state index in [1.807, 2.05) is 27.8 Å². The number of hydrogen-bond donors (Lipinski definition) is 1. The molecule has 0 amide bonds. The lowest BCUT2D eigenvalue weighted by molar-refractivity contribution is -0.139. The van der Waals surface area contributed by atoms with Crippen LogP contribution in [0.3, 0.4) is 0 Å². The Morgan fingerprint density at radius 3 is 2.63 bits per heavy atom. The van der Waals surface area contributed by atoms with Crippen molar-refractivity contribution in [2.75, 3.05) is 24.7 Å². The van der Waals surface area contributed by atoms with Gasteiger partial charge >= 0.3 is 5.97 Å². The average molecular weight is 283 g/mol. The third-order valence-electron chi connectivity index (χ3n) is 2.50. The zero-order chi connectivity index (χ0) is 14.4. The summed E-state index contributed by atoms with van der Waals surface area (Å²) in [5.41, 5.74) is 0.959. The number of aromatic nitrogens is 2. The van der Waals surface area contributed by atoms with Crippen LogP contribution in [0.1, 0.15) is 38.1 Å². The Morgan fingerprint density at radius 1 is 1.42 bits per heavy atom. The van der Waals surface area contributed by atoms with Crippen molar-refractivity contribution >= 4 is 23.5 Å². The number of nitrogens with one attached hydrogen (secondary N) is 1. The first-order valence-corrected chi connectivity index (χ1v) is 7.32. The first-order valence-electron chi connectivity index (χ1n) is 6.34. The van der Waals surface area contributed by atoms with E-state index in [-0.39, 0.29) is 17.6 Å². The SMILES string of the molecule is CCOC(=O)CSc1nc(C(C)C)nc(NC)c1C. The lowest BCUT2D eigenvalue weighted by Gasteiger charge is -2.13. The molecule has 106 valence electrons. The first kappa shape index (κ1) is 15.8. The third kappa shape index (κ3) is 4.38. The molecule has 5 nitrogen and oxygen atoms in total. The van der Waals surface area contributed by atoms with E-state index in [1.54, 1.807) is 6.92 Å². The Balaban J connectivity index is 2.92. The minimum absolute atomic E-state index is 0.220. The van der Waals surface area contributed by atoms with E-state index >= 15 is 0 Å². The van der Waals surface area contributed by atoms with Crippen molar-refractivity contribution in [3.8, 4) is 0 Å². The van der Waals surface area contributed by atoms with Crippen LogP contribution < -0.4 is 5.32 Å². The summed E-state index contributed by atoms with van der Waals surface area (Å²) in [6.07, 6.45) is 0. The lowest BCUT2D eigenvalue weighted by atomic mass is 10.2. The van der Waals surface area contributed by atoms with Gasteiger partial charge in [0, 0.05) is 18.5 Å². The molecule has 0 aromatic carbocycles. The second kappa shape index (κ2) is 7.33. The largest absolute Gasteiger partial charge is 0.465 e. The number of hydrogen-bond acceptors (Lipinski definition) is 6. The van der Waals surface area contributed by atoms with Gasteiger partial charge in [-0.3, -0.25) is 4.79 Å². The van der Waals surface area contributed by atoms with Crippen LogP contribution in [-0.2, 0) is 9.53 Å². The molecule has 0 spiro atoms. The van der Waals surface area contributed by atoms with Gasteiger partial charge in [0.05, 0.1) is 12.4 Å². The Labute approximate surface area is 118 Å². The molecule has 0 saturated heterocycles. The second-order valence-electron chi connectivity index (χ2n) is 4.36. The topological polar surface area (TPSA) is 64.1 Å². The van der Waals surface area contributed by atoms with Gasteiger partial charge in [-0.05, 0) is 13.8 Å². The number of anilines is 1. The number of ether oxygens (including phenoxy) is 1. The van der Waals surface area contributed by atoms with Crippen LogP contribution in [0.5, 0.6) is 0 Å². The van der Waals surface area contributed by atoms with Crippen LogP contribution in [0.25, 0.3) is 0 Å². The van der Waals surface area contributed by atoms with Gasteiger partial charge in [-0.1, -0.05) is 25.6 Å². The minimum atomic E-state index is -0.220. The highest BCUT2D eigenvalue weighted by atomic mass is 32.2. The Hall–Kier alpha value is -1.30. The number of nitrogens with zero attached hydrogens (tertiary/aromatic N) is 2. The van der Waals surface area contributed by atoms with E-state index in [0.717, 1.165) is 22.2 Å². The monoisotopic (exact) mass is 283 g/mol. The fraction of sp³-hybridized carbons (Fsp3) is 0.615. The molecule has 1 heterocycles. The molecule has 0 unspecified atom stereocenters. The second-order valence-corrected chi connectivity index (χ2v) is 5.32. The predicted molar refractivity (Wildman–Crippen MR) is 77.8 cm³/mol. The molecule has 0 saturated carbocycles. The van der Waals surface area contributed by atoms with Crippen molar-refractivity contribution < 1.29 is 9.53 Å². The molecule has 1 N–H and O–H groups in total. The van der Waals surface area contributed by atoms with Crippen molar-refractivity contribution in [1.29, 1.82) is 0 Å². The minimum Gasteiger partial charge on any atom is -0.465 e. The molecule has 0 bridgehead atoms. The highest BCUT2D eigenvalue weighted by Crippen LogP contribution is 2.26. The summed E-state index contributed by atoms with van der Waals surface area (Å²) < 4.78 is 4.92. The van der Waals surface area contributed by atoms with E-state index in [1.165, 1.54) is 11.8 Å². The highest BCUT2D eigenvalue weighted by Gasteiger charge is 2.14. The van der Waals surface area contributed by atoms with Gasteiger partial charge < -0.3 is 10.1 Å². The molecule has 0 radical (unpaired) electrons. The summed E-state index contributed by atoms with van der Waals surface area (Å²) in [5.74, 6) is 1.88. The van der Waals surface area contributed by atoms with Crippen LogP contribution in [0, 0.1) is 6.92 Å². The normalized spacial score (nSPS) is 10.6. The number of carbonyl (C=O) groups excluding carboxylic acids is 1. The zero-order valence-electron chi connectivity index (χ0n) is 12.1. The number of carbonyl (C=O) groups is 1. The smallest absolute Gasteiger partial charge is 0.316 e. The predicted octanol–water partition coefficient (Wildman–Crippen LogP) is 2.61. The van der Waals surface area contributed by atoms with Crippen molar-refractivity contribution in [3.63, 3.8) is 0 Å². The van der Waals surface area contributed by atoms with Crippen molar-refractivity contribution in [3.05, 3.63) is 11.4 Å². The third-order valence-corrected chi connectivity index (χ3v) is 3.55. The maximum Gasteiger partial charge on any atom is 0.316 e. The molecule has 19 heavy (non-hydrogen) atoms. The maximum atomic E-state index is 11.4. The molecule has 0 aliphatic rings. The van der Waals surface area contributed by atoms with Gasteiger partial charge in [0.15, 0.2) is 0 Å². The van der Waals surface area contributed by atoms with E-state index in [9.17, 15) is 4.79 Å². The van der Waals surface area contributed by atoms with Gasteiger partial charge in [-0.2, -0.15) is 0 Å². The Morgan fingerprint density at radius 2 is 2.11 bits per heavy atom. The summed E-state index contributed by atoms with van der Waals surface area (Å²) in [4.78, 5) is 20.4. The van der Waals surface area contributed by atoms with Crippen LogP contribution in [-0.4, -0.2) is 35.3 Å². The highest BCUT2D eigenvalue weighted by molar-refractivity contribution is 7.99. The number of rotatable bonds is 6. The molecule has 0 aliphatic carbocycles. The summed E-state index contributed by atoms with van der Waals surface area (Å²) >= 11 is 1.39. The summed E-state index contributed by atoms with van der Waals surface area (Å²) in [6, 6.07) is 0. The van der Waals surface area contributed by atoms with Crippen molar-refractivity contribution in [2.45, 2.75) is 38.6 Å². The number of esters is 1. The van der Waals surface area contributed by atoms with Crippen LogP contribution >= 0.6 is 11.8 Å². The van der Waals surface area contributed by atoms with Gasteiger partial charge in [-0.25, -0.2) is 9.97 Å². The molecule has 1 aromatic heterocycles. The van der Waals surface area contributed by atoms with E-state index in [4.69, 9.17) is 4.74 Å². The molecule has 0 fully saturated rings. The van der Waals surface area contributed by atoms with Gasteiger partial charge in [0.2, 0.25) is 0 Å². The van der Waals surface area contributed by atoms with E-state index in [2.05, 4.69) is 15.3 Å². The quantitative estimate of drug-likeness (QED) is 0.492. The van der Waals surface area contributed by atoms with Crippen LogP contribution in [0.4, 0.5) is 5.82 Å². The molecule has 0 aliphatic heterocycles. The average Bonchev–Trinajstić information content (AvgIpc) is 2.37. The van der Waals surface area contributed by atoms with E-state index in [0.29, 0.717) is 6.61 Å². The summed E-state index contributed by atoms with van der Waals surface area (Å²) in [7, 11) is 1.83. The standard InChI is InChI=1S/C13H21N3O2S/c1-6-18-10(17)7-19-13-9(4)12(14-5)15-11(16-13)8(2)3/h8H,6-7H2,1-5H3,(H,14,15,16). The molecule has 1 aromatic rings. The maximum absolute atomic E-state index is 11.4. The Bertz CT molecular complexity index is 450. The zero-order valence-corrected chi connectivity index (χ0v) is 12.9. The Kier molecular flexibility index (Phi) is 6.08. The first-order chi connectivity index (χ1) is 8.99. The van der Waals surface area contributed by atoms with E-state index < -0.39 is 0 Å². The molecular weight excluding hydrogens is 262 g/mol. The van der Waals surface area contributed by atoms with Crippen molar-refractivity contribution in [2.24, 2.45) is 0 Å². The summed E-state index contributed by atoms with van der Waals surface area (Å²) in [5, 5.41) is 3.89. The molecule has 0 atom stereocenters. The van der Waals surface area contributed by atoms with Gasteiger partial charge in [-0.15, -0.1) is 0 Å². The summed E-state index contributed by atoms with van der Waals surface area (Å²) in [6.45, 7) is 8.24. The van der Waals surface area contributed by atoms with Crippen LogP contribution in [0.2, 0.25) is 0 Å². The fourth-order valence-electron chi connectivity index (χ4n) is 1.48. The van der Waals surface area contributed by atoms with Gasteiger partial charge in [0.25, 0.3) is 0 Å². The lowest BCUT2D eigenvalue weighted by Crippen LogP contribution is -2.09. The molecule has 1 rings (SSSR count).